The van der Waals surface area contributed by atoms with Crippen molar-refractivity contribution < 1.29 is 13.5 Å². The number of aromatic nitrogens is 1. The van der Waals surface area contributed by atoms with E-state index in [0.29, 0.717) is 12.2 Å². The van der Waals surface area contributed by atoms with Crippen molar-refractivity contribution in [3.8, 4) is 0 Å². The Morgan fingerprint density at radius 2 is 2.29 bits per heavy atom. The highest BCUT2D eigenvalue weighted by Crippen LogP contribution is 2.17. The maximum atomic E-state index is 12.2. The first-order valence-electron chi connectivity index (χ1n) is 5.45. The normalized spacial score (nSPS) is 11.9. The first-order valence-corrected chi connectivity index (χ1v) is 6.89. The lowest BCUT2D eigenvalue weighted by Crippen LogP contribution is -2.31. The minimum atomic E-state index is -3.49. The molecule has 17 heavy (non-hydrogen) atoms. The van der Waals surface area contributed by atoms with Gasteiger partial charge in [-0.2, -0.15) is 4.31 Å². The van der Waals surface area contributed by atoms with Crippen molar-refractivity contribution in [3.05, 3.63) is 30.6 Å². The van der Waals surface area contributed by atoms with E-state index in [4.69, 9.17) is 5.11 Å². The molecule has 0 saturated heterocycles. The van der Waals surface area contributed by atoms with Gasteiger partial charge < -0.3 is 10.1 Å². The van der Waals surface area contributed by atoms with Crippen LogP contribution in [0.4, 0.5) is 0 Å². The lowest BCUT2D eigenvalue weighted by atomic mass is 10.5. The van der Waals surface area contributed by atoms with Crippen molar-refractivity contribution in [2.24, 2.45) is 0 Å². The molecule has 5 nitrogen and oxygen atoms in total. The van der Waals surface area contributed by atoms with E-state index in [1.165, 1.54) is 16.6 Å². The van der Waals surface area contributed by atoms with E-state index in [2.05, 4.69) is 11.6 Å². The average molecular weight is 258 g/mol. The van der Waals surface area contributed by atoms with Crippen LogP contribution in [0, 0.1) is 0 Å². The van der Waals surface area contributed by atoms with Crippen LogP contribution >= 0.6 is 0 Å². The molecule has 0 saturated carbocycles. The summed E-state index contributed by atoms with van der Waals surface area (Å²) in [6, 6.07) is 1.45. The van der Waals surface area contributed by atoms with Crippen LogP contribution in [0.5, 0.6) is 0 Å². The van der Waals surface area contributed by atoms with Crippen LogP contribution < -0.4 is 0 Å². The Bertz CT molecular complexity index is 465. The first-order chi connectivity index (χ1) is 8.06. The molecule has 0 radical (unpaired) electrons. The maximum absolute atomic E-state index is 12.2. The van der Waals surface area contributed by atoms with Gasteiger partial charge in [0.1, 0.15) is 0 Å². The van der Waals surface area contributed by atoms with Crippen LogP contribution in [0.3, 0.4) is 0 Å². The summed E-state index contributed by atoms with van der Waals surface area (Å²) in [5.74, 6) is 0. The SMILES string of the molecule is C=CCN(CCC)S(=O)(=O)c1c[nH]c(CO)c1. The molecule has 96 valence electrons. The molecule has 0 fully saturated rings. The van der Waals surface area contributed by atoms with Crippen molar-refractivity contribution in [3.63, 3.8) is 0 Å². The highest BCUT2D eigenvalue weighted by molar-refractivity contribution is 7.89. The summed E-state index contributed by atoms with van der Waals surface area (Å²) in [6.45, 7) is 6.01. The number of nitrogens with zero attached hydrogens (tertiary/aromatic N) is 1. The van der Waals surface area contributed by atoms with Gasteiger partial charge in [-0.1, -0.05) is 13.0 Å². The monoisotopic (exact) mass is 258 g/mol. The molecule has 2 N–H and O–H groups in total. The third-order valence-electron chi connectivity index (χ3n) is 2.33. The predicted molar refractivity (Wildman–Crippen MR) is 66.0 cm³/mol. The zero-order chi connectivity index (χ0) is 12.9. The summed E-state index contributed by atoms with van der Waals surface area (Å²) in [5.41, 5.74) is 0.485. The van der Waals surface area contributed by atoms with Crippen LogP contribution in [0.15, 0.2) is 29.8 Å². The summed E-state index contributed by atoms with van der Waals surface area (Å²) in [4.78, 5) is 2.90. The number of aromatic amines is 1. The largest absolute Gasteiger partial charge is 0.390 e. The number of H-pyrrole nitrogens is 1. The van der Waals surface area contributed by atoms with E-state index in [9.17, 15) is 8.42 Å². The molecule has 0 bridgehead atoms. The van der Waals surface area contributed by atoms with E-state index in [1.54, 1.807) is 6.08 Å². The summed E-state index contributed by atoms with van der Waals surface area (Å²) >= 11 is 0. The molecular weight excluding hydrogens is 240 g/mol. The molecule has 0 aromatic carbocycles. The van der Waals surface area contributed by atoms with Crippen LogP contribution in [0.1, 0.15) is 19.0 Å². The molecule has 0 aliphatic heterocycles. The number of sulfonamides is 1. The smallest absolute Gasteiger partial charge is 0.244 e. The van der Waals surface area contributed by atoms with Gasteiger partial charge in [0.05, 0.1) is 11.5 Å². The number of nitrogens with one attached hydrogen (secondary N) is 1. The fourth-order valence-electron chi connectivity index (χ4n) is 1.51. The van der Waals surface area contributed by atoms with Crippen molar-refractivity contribution >= 4 is 10.0 Å². The van der Waals surface area contributed by atoms with Gasteiger partial charge in [-0.05, 0) is 12.5 Å². The molecule has 1 aromatic heterocycles. The molecule has 0 aliphatic rings. The third kappa shape index (κ3) is 3.18. The molecule has 6 heteroatoms. The predicted octanol–water partition coefficient (Wildman–Crippen LogP) is 1.09. The van der Waals surface area contributed by atoms with Gasteiger partial charge in [0.15, 0.2) is 0 Å². The second-order valence-corrected chi connectivity index (χ2v) is 5.61. The zero-order valence-electron chi connectivity index (χ0n) is 9.89. The lowest BCUT2D eigenvalue weighted by Gasteiger charge is -2.18. The zero-order valence-corrected chi connectivity index (χ0v) is 10.7. The second kappa shape index (κ2) is 6.00. The number of aliphatic hydroxyl groups is 1. The van der Waals surface area contributed by atoms with Crippen LogP contribution in [0.2, 0.25) is 0 Å². The van der Waals surface area contributed by atoms with E-state index < -0.39 is 10.0 Å². The highest BCUT2D eigenvalue weighted by Gasteiger charge is 2.23. The van der Waals surface area contributed by atoms with Gasteiger partial charge in [0.25, 0.3) is 0 Å². The fourth-order valence-corrected chi connectivity index (χ4v) is 3.03. The quantitative estimate of drug-likeness (QED) is 0.719. The van der Waals surface area contributed by atoms with Crippen molar-refractivity contribution in [2.45, 2.75) is 24.8 Å². The summed E-state index contributed by atoms with van der Waals surface area (Å²) < 4.78 is 25.8. The van der Waals surface area contributed by atoms with Gasteiger partial charge >= 0.3 is 0 Å². The molecule has 0 unspecified atom stereocenters. The Hall–Kier alpha value is -1.11. The molecule has 1 rings (SSSR count). The van der Waals surface area contributed by atoms with E-state index >= 15 is 0 Å². The molecule has 0 spiro atoms. The summed E-state index contributed by atoms with van der Waals surface area (Å²) in [7, 11) is -3.49. The number of rotatable bonds is 7. The standard InChI is InChI=1S/C11H18N2O3S/c1-3-5-13(6-4-2)17(15,16)11-7-10(9-14)12-8-11/h3,7-8,12,14H,1,4-6,9H2,2H3. The van der Waals surface area contributed by atoms with Crippen molar-refractivity contribution in [1.29, 1.82) is 0 Å². The van der Waals surface area contributed by atoms with E-state index in [1.807, 2.05) is 6.92 Å². The Balaban J connectivity index is 3.02. The van der Waals surface area contributed by atoms with Gasteiger partial charge in [0.2, 0.25) is 10.0 Å². The molecule has 0 amide bonds. The first kappa shape index (κ1) is 14.0. The second-order valence-electron chi connectivity index (χ2n) is 3.67. The van der Waals surface area contributed by atoms with Crippen LogP contribution in [0.25, 0.3) is 0 Å². The average Bonchev–Trinajstić information content (AvgIpc) is 2.78. The minimum Gasteiger partial charge on any atom is -0.390 e. The minimum absolute atomic E-state index is 0.178. The van der Waals surface area contributed by atoms with Crippen LogP contribution in [-0.4, -0.2) is 35.9 Å². The lowest BCUT2D eigenvalue weighted by molar-refractivity contribution is 0.277. The highest BCUT2D eigenvalue weighted by atomic mass is 32.2. The van der Waals surface area contributed by atoms with E-state index in [-0.39, 0.29) is 18.0 Å². The number of hydrogen-bond donors (Lipinski definition) is 2. The molecule has 1 aromatic rings. The fraction of sp³-hybridized carbons (Fsp3) is 0.455. The van der Waals surface area contributed by atoms with Crippen molar-refractivity contribution in [1.82, 2.24) is 9.29 Å². The third-order valence-corrected chi connectivity index (χ3v) is 4.17. The topological polar surface area (TPSA) is 73.4 Å². The molecule has 0 atom stereocenters. The maximum Gasteiger partial charge on any atom is 0.244 e. The van der Waals surface area contributed by atoms with Crippen LogP contribution in [-0.2, 0) is 16.6 Å². The Morgan fingerprint density at radius 3 is 2.76 bits per heavy atom. The van der Waals surface area contributed by atoms with Gasteiger partial charge in [-0.3, -0.25) is 0 Å². The van der Waals surface area contributed by atoms with Gasteiger partial charge in [-0.15, -0.1) is 6.58 Å². The number of hydrogen-bond acceptors (Lipinski definition) is 3. The van der Waals surface area contributed by atoms with Crippen molar-refractivity contribution in [2.75, 3.05) is 13.1 Å². The summed E-state index contributed by atoms with van der Waals surface area (Å²) in [5, 5.41) is 8.91. The Morgan fingerprint density at radius 1 is 1.59 bits per heavy atom. The van der Waals surface area contributed by atoms with Gasteiger partial charge in [0, 0.05) is 25.0 Å². The Kier molecular flexibility index (Phi) is 4.92. The number of aliphatic hydroxyl groups excluding tert-OH is 1. The molecule has 0 aliphatic carbocycles. The summed E-state index contributed by atoms with van der Waals surface area (Å²) in [6.07, 6.45) is 3.70. The molecule has 1 heterocycles. The molecular formula is C11H18N2O3S. The van der Waals surface area contributed by atoms with Gasteiger partial charge in [-0.25, -0.2) is 8.42 Å². The van der Waals surface area contributed by atoms with E-state index in [0.717, 1.165) is 6.42 Å². The Labute approximate surface area is 102 Å².